The van der Waals surface area contributed by atoms with Gasteiger partial charge in [0.15, 0.2) is 0 Å². The Morgan fingerprint density at radius 3 is 2.14 bits per heavy atom. The van der Waals surface area contributed by atoms with Crippen molar-refractivity contribution in [1.29, 1.82) is 5.26 Å². The standard InChI is InChI=1S/C24H20N2O3/c1-29-24(28)22(15-17-7-9-18(16-25)10-8-17)26-23(27)21-13-11-20(12-14-21)19-5-3-2-4-6-19/h2-14,22H,15H2,1H3,(H,26,27)/t22-/m1/s1. The summed E-state index contributed by atoms with van der Waals surface area (Å²) in [5.41, 5.74) is 3.88. The molecule has 0 aliphatic heterocycles. The number of carbonyl (C=O) groups excluding carboxylic acids is 2. The Bertz CT molecular complexity index is 1020. The van der Waals surface area contributed by atoms with Crippen LogP contribution in [0.25, 0.3) is 11.1 Å². The normalized spacial score (nSPS) is 11.2. The minimum atomic E-state index is -0.825. The van der Waals surface area contributed by atoms with E-state index in [1.807, 2.05) is 42.5 Å². The number of benzene rings is 3. The average molecular weight is 384 g/mol. The summed E-state index contributed by atoms with van der Waals surface area (Å²) < 4.78 is 4.84. The van der Waals surface area contributed by atoms with E-state index in [9.17, 15) is 9.59 Å². The fourth-order valence-electron chi connectivity index (χ4n) is 2.97. The summed E-state index contributed by atoms with van der Waals surface area (Å²) in [7, 11) is 1.29. The van der Waals surface area contributed by atoms with Crippen molar-refractivity contribution in [3.63, 3.8) is 0 Å². The van der Waals surface area contributed by atoms with Crippen molar-refractivity contribution >= 4 is 11.9 Å². The zero-order valence-corrected chi connectivity index (χ0v) is 16.0. The van der Waals surface area contributed by atoms with Gasteiger partial charge in [-0.05, 0) is 41.0 Å². The molecule has 0 bridgehead atoms. The molecular formula is C24H20N2O3. The van der Waals surface area contributed by atoms with Crippen LogP contribution in [-0.2, 0) is 16.0 Å². The van der Waals surface area contributed by atoms with Crippen LogP contribution in [0.15, 0.2) is 78.9 Å². The number of amides is 1. The first-order valence-electron chi connectivity index (χ1n) is 9.14. The number of nitriles is 1. The van der Waals surface area contributed by atoms with E-state index >= 15 is 0 Å². The van der Waals surface area contributed by atoms with E-state index in [2.05, 4.69) is 11.4 Å². The van der Waals surface area contributed by atoms with Crippen LogP contribution in [0.1, 0.15) is 21.5 Å². The molecule has 1 atom stereocenters. The average Bonchev–Trinajstić information content (AvgIpc) is 2.79. The highest BCUT2D eigenvalue weighted by Gasteiger charge is 2.22. The smallest absolute Gasteiger partial charge is 0.328 e. The molecule has 1 amide bonds. The predicted octanol–water partition coefficient (Wildman–Crippen LogP) is 3.74. The molecule has 0 heterocycles. The molecule has 0 unspecified atom stereocenters. The monoisotopic (exact) mass is 384 g/mol. The van der Waals surface area contributed by atoms with Gasteiger partial charge in [-0.1, -0.05) is 54.6 Å². The summed E-state index contributed by atoms with van der Waals surface area (Å²) in [6, 6.07) is 25.2. The van der Waals surface area contributed by atoms with Gasteiger partial charge in [0.05, 0.1) is 18.7 Å². The number of hydrogen-bond donors (Lipinski definition) is 1. The minimum absolute atomic E-state index is 0.270. The summed E-state index contributed by atoms with van der Waals surface area (Å²) >= 11 is 0. The van der Waals surface area contributed by atoms with Gasteiger partial charge in [-0.15, -0.1) is 0 Å². The lowest BCUT2D eigenvalue weighted by Crippen LogP contribution is -2.43. The van der Waals surface area contributed by atoms with Crippen LogP contribution in [0, 0.1) is 11.3 Å². The van der Waals surface area contributed by atoms with E-state index in [-0.39, 0.29) is 12.3 Å². The number of rotatable bonds is 6. The van der Waals surface area contributed by atoms with Gasteiger partial charge in [-0.25, -0.2) is 4.79 Å². The molecule has 5 heteroatoms. The first-order chi connectivity index (χ1) is 14.1. The van der Waals surface area contributed by atoms with Gasteiger partial charge in [0.25, 0.3) is 5.91 Å². The van der Waals surface area contributed by atoms with E-state index in [0.717, 1.165) is 16.7 Å². The van der Waals surface area contributed by atoms with Crippen LogP contribution >= 0.6 is 0 Å². The molecule has 3 aromatic rings. The molecule has 0 aliphatic carbocycles. The first kappa shape index (κ1) is 19.8. The Kier molecular flexibility index (Phi) is 6.39. The van der Waals surface area contributed by atoms with E-state index in [1.165, 1.54) is 7.11 Å². The van der Waals surface area contributed by atoms with E-state index < -0.39 is 12.0 Å². The van der Waals surface area contributed by atoms with E-state index in [0.29, 0.717) is 11.1 Å². The zero-order valence-electron chi connectivity index (χ0n) is 16.0. The summed E-state index contributed by atoms with van der Waals surface area (Å²) in [6.07, 6.45) is 0.270. The largest absolute Gasteiger partial charge is 0.467 e. The minimum Gasteiger partial charge on any atom is -0.467 e. The SMILES string of the molecule is COC(=O)[C@@H](Cc1ccc(C#N)cc1)NC(=O)c1ccc(-c2ccccc2)cc1. The Balaban J connectivity index is 1.72. The fraction of sp³-hybridized carbons (Fsp3) is 0.125. The van der Waals surface area contributed by atoms with Gasteiger partial charge >= 0.3 is 5.97 Å². The number of nitrogens with one attached hydrogen (secondary N) is 1. The topological polar surface area (TPSA) is 79.2 Å². The number of hydrogen-bond acceptors (Lipinski definition) is 4. The van der Waals surface area contributed by atoms with E-state index in [1.54, 1.807) is 36.4 Å². The molecule has 0 fully saturated rings. The lowest BCUT2D eigenvalue weighted by molar-refractivity contribution is -0.142. The van der Waals surface area contributed by atoms with Crippen LogP contribution < -0.4 is 5.32 Å². The van der Waals surface area contributed by atoms with Crippen molar-refractivity contribution in [3.8, 4) is 17.2 Å². The second-order valence-electron chi connectivity index (χ2n) is 6.51. The third-order valence-electron chi connectivity index (χ3n) is 4.57. The predicted molar refractivity (Wildman–Crippen MR) is 110 cm³/mol. The Labute approximate surface area is 169 Å². The van der Waals surface area contributed by atoms with Crippen molar-refractivity contribution in [2.75, 3.05) is 7.11 Å². The molecule has 1 N–H and O–H groups in total. The zero-order chi connectivity index (χ0) is 20.6. The van der Waals surface area contributed by atoms with Crippen LogP contribution in [0.3, 0.4) is 0 Å². The number of nitrogens with zero attached hydrogens (tertiary/aromatic N) is 1. The van der Waals surface area contributed by atoms with Crippen molar-refractivity contribution in [3.05, 3.63) is 95.6 Å². The van der Waals surface area contributed by atoms with Crippen molar-refractivity contribution in [2.24, 2.45) is 0 Å². The number of ether oxygens (including phenoxy) is 1. The Morgan fingerprint density at radius 2 is 1.55 bits per heavy atom. The second-order valence-corrected chi connectivity index (χ2v) is 6.51. The maximum atomic E-state index is 12.7. The number of carbonyl (C=O) groups is 2. The third-order valence-corrected chi connectivity index (χ3v) is 4.57. The molecule has 3 aromatic carbocycles. The summed E-state index contributed by atoms with van der Waals surface area (Å²) in [6.45, 7) is 0. The maximum Gasteiger partial charge on any atom is 0.328 e. The highest BCUT2D eigenvalue weighted by atomic mass is 16.5. The lowest BCUT2D eigenvalue weighted by Gasteiger charge is -2.17. The van der Waals surface area contributed by atoms with Crippen LogP contribution in [-0.4, -0.2) is 25.0 Å². The van der Waals surface area contributed by atoms with Crippen molar-refractivity contribution in [1.82, 2.24) is 5.32 Å². The van der Waals surface area contributed by atoms with Gasteiger partial charge in [0.2, 0.25) is 0 Å². The molecule has 0 spiro atoms. The summed E-state index contributed by atoms with van der Waals surface area (Å²) in [5, 5.41) is 11.6. The molecule has 5 nitrogen and oxygen atoms in total. The van der Waals surface area contributed by atoms with Gasteiger partial charge < -0.3 is 10.1 Å². The maximum absolute atomic E-state index is 12.7. The Morgan fingerprint density at radius 1 is 0.931 bits per heavy atom. The fourth-order valence-corrected chi connectivity index (χ4v) is 2.97. The van der Waals surface area contributed by atoms with Gasteiger partial charge in [-0.2, -0.15) is 5.26 Å². The van der Waals surface area contributed by atoms with Crippen LogP contribution in [0.4, 0.5) is 0 Å². The molecule has 144 valence electrons. The van der Waals surface area contributed by atoms with Gasteiger partial charge in [0, 0.05) is 12.0 Å². The number of methoxy groups -OCH3 is 1. The third kappa shape index (κ3) is 5.08. The summed E-state index contributed by atoms with van der Waals surface area (Å²) in [5.74, 6) is -0.878. The van der Waals surface area contributed by atoms with Crippen molar-refractivity contribution < 1.29 is 14.3 Å². The number of esters is 1. The van der Waals surface area contributed by atoms with Crippen molar-refractivity contribution in [2.45, 2.75) is 12.5 Å². The molecule has 29 heavy (non-hydrogen) atoms. The quantitative estimate of drug-likeness (QED) is 0.657. The molecule has 0 saturated carbocycles. The molecule has 0 radical (unpaired) electrons. The van der Waals surface area contributed by atoms with Crippen LogP contribution in [0.5, 0.6) is 0 Å². The molecule has 0 aromatic heterocycles. The molecule has 0 aliphatic rings. The second kappa shape index (κ2) is 9.34. The van der Waals surface area contributed by atoms with Gasteiger partial charge in [0.1, 0.15) is 6.04 Å². The molecular weight excluding hydrogens is 364 g/mol. The first-order valence-corrected chi connectivity index (χ1v) is 9.14. The molecule has 3 rings (SSSR count). The van der Waals surface area contributed by atoms with E-state index in [4.69, 9.17) is 10.00 Å². The highest BCUT2D eigenvalue weighted by molar-refractivity contribution is 5.97. The van der Waals surface area contributed by atoms with Gasteiger partial charge in [-0.3, -0.25) is 4.79 Å². The summed E-state index contributed by atoms with van der Waals surface area (Å²) in [4.78, 5) is 24.8. The Hall–Kier alpha value is -3.91. The highest BCUT2D eigenvalue weighted by Crippen LogP contribution is 2.19. The van der Waals surface area contributed by atoms with Crippen LogP contribution in [0.2, 0.25) is 0 Å². The molecule has 0 saturated heterocycles. The lowest BCUT2D eigenvalue weighted by atomic mass is 10.0.